The van der Waals surface area contributed by atoms with E-state index in [9.17, 15) is 4.32 Å². The smallest absolute Gasteiger partial charge is 0.314 e. The first-order valence-electron chi connectivity index (χ1n) is 2.22. The summed E-state index contributed by atoms with van der Waals surface area (Å²) in [7, 11) is 0. The van der Waals surface area contributed by atoms with Gasteiger partial charge in [0, 0.05) is 6.32 Å². The van der Waals surface area contributed by atoms with Crippen LogP contribution >= 0.6 is 0 Å². The Morgan fingerprint density at radius 3 is 2.56 bits per heavy atom. The highest BCUT2D eigenvalue weighted by atomic mass is 19.1. The van der Waals surface area contributed by atoms with Gasteiger partial charge in [0.05, 0.1) is 5.97 Å². The number of nitrogens with zero attached hydrogens (tertiary/aromatic N) is 2. The summed E-state index contributed by atoms with van der Waals surface area (Å²) in [6.07, 6.45) is -0.396. The molecule has 44 valence electrons. The fourth-order valence-electron chi connectivity index (χ4n) is 0.271. The number of hydrogen-bond donors (Lipinski definition) is 1. The molecule has 0 saturated heterocycles. The summed E-state index contributed by atoms with van der Waals surface area (Å²) in [5.41, 5.74) is -0.399. The van der Waals surface area contributed by atoms with Gasteiger partial charge in [-0.15, -0.1) is 0 Å². The van der Waals surface area contributed by atoms with Crippen LogP contribution in [-0.2, 0) is 0 Å². The van der Waals surface area contributed by atoms with Crippen molar-refractivity contribution < 1.29 is 4.32 Å². The molecule has 0 aromatic carbocycles. The van der Waals surface area contributed by atoms with E-state index in [1.165, 1.54) is 12.0 Å². The molecule has 0 rings (SSSR count). The molecule has 0 aliphatic heterocycles. The average Bonchev–Trinajstić information content (AvgIpc) is 1.87. The predicted octanol–water partition coefficient (Wildman–Crippen LogP) is 0.554. The van der Waals surface area contributed by atoms with Crippen LogP contribution in [0.2, 0.25) is 6.32 Å². The van der Waals surface area contributed by atoms with Crippen LogP contribution in [0.3, 0.4) is 0 Å². The Hall–Kier alpha value is -1.36. The summed E-state index contributed by atoms with van der Waals surface area (Å²) in [6.45, 7) is -1.71. The van der Waals surface area contributed by atoms with E-state index in [0.717, 1.165) is 0 Å². The molecule has 9 heavy (non-hydrogen) atoms. The van der Waals surface area contributed by atoms with E-state index in [-0.39, 0.29) is 0 Å². The Morgan fingerprint density at radius 2 is 2.22 bits per heavy atom. The number of halogens is 1. The van der Waals surface area contributed by atoms with Gasteiger partial charge in [-0.2, -0.15) is 5.26 Å². The highest BCUT2D eigenvalue weighted by Gasteiger charge is 2.14. The van der Waals surface area contributed by atoms with Crippen LogP contribution in [0.15, 0.2) is 0 Å². The van der Waals surface area contributed by atoms with Crippen molar-refractivity contribution in [2.75, 3.05) is 0 Å². The molecule has 5 heteroatoms. The molecule has 1 N–H and O–H groups in total. The zero-order valence-electron chi connectivity index (χ0n) is 4.56. The Bertz CT molecular complexity index is 189. The number of nitriles is 2. The molecule has 0 spiro atoms. The van der Waals surface area contributed by atoms with Gasteiger partial charge in [0.15, 0.2) is 0 Å². The van der Waals surface area contributed by atoms with Gasteiger partial charge in [-0.05, 0) is 0 Å². The molecule has 0 aliphatic rings. The molecule has 0 bridgehead atoms. The summed E-state index contributed by atoms with van der Waals surface area (Å²) in [5, 5.41) is 22.4. The van der Waals surface area contributed by atoms with Gasteiger partial charge in [-0.1, -0.05) is 0 Å². The second-order valence-corrected chi connectivity index (χ2v) is 1.39. The molecule has 3 nitrogen and oxygen atoms in total. The first kappa shape index (κ1) is 7.64. The number of rotatable bonds is 2. The van der Waals surface area contributed by atoms with Gasteiger partial charge in [0.1, 0.15) is 11.8 Å². The van der Waals surface area contributed by atoms with Gasteiger partial charge >= 0.3 is 6.99 Å². The summed E-state index contributed by atoms with van der Waals surface area (Å²) in [4.78, 5) is 0. The van der Waals surface area contributed by atoms with Crippen molar-refractivity contribution in [2.24, 2.45) is 0 Å². The van der Waals surface area contributed by atoms with Crippen LogP contribution in [0, 0.1) is 28.0 Å². The van der Waals surface area contributed by atoms with Gasteiger partial charge in [-0.3, -0.25) is 5.41 Å². The normalized spacial score (nSPS) is 7.00. The minimum atomic E-state index is -1.71. The Morgan fingerprint density at radius 1 is 1.67 bits per heavy atom. The lowest BCUT2D eigenvalue weighted by Crippen LogP contribution is -2.07. The van der Waals surface area contributed by atoms with Crippen molar-refractivity contribution in [1.82, 2.24) is 0 Å². The summed E-state index contributed by atoms with van der Waals surface area (Å²) >= 11 is 0. The van der Waals surface area contributed by atoms with Crippen molar-refractivity contribution >= 4 is 12.7 Å². The van der Waals surface area contributed by atoms with E-state index in [0.29, 0.717) is 0 Å². The van der Waals surface area contributed by atoms with Crippen molar-refractivity contribution in [3.05, 3.63) is 0 Å². The van der Waals surface area contributed by atoms with E-state index in [4.69, 9.17) is 15.9 Å². The largest absolute Gasteiger partial charge is 0.467 e. The van der Waals surface area contributed by atoms with Gasteiger partial charge < -0.3 is 4.32 Å². The van der Waals surface area contributed by atoms with E-state index in [1.54, 1.807) is 0 Å². The fourth-order valence-corrected chi connectivity index (χ4v) is 0.271. The maximum Gasteiger partial charge on any atom is 0.467 e. The topological polar surface area (TPSA) is 71.4 Å². The minimum Gasteiger partial charge on any atom is -0.314 e. The van der Waals surface area contributed by atoms with Crippen LogP contribution in [0.1, 0.15) is 0 Å². The summed E-state index contributed by atoms with van der Waals surface area (Å²) in [6, 6.07) is 1.42. The fraction of sp³-hybridized carbons (Fsp3) is 0.250. The van der Waals surface area contributed by atoms with E-state index in [2.05, 4.69) is 0 Å². The molecule has 0 amide bonds. The maximum absolute atomic E-state index is 11.9. The molecule has 0 fully saturated rings. The third kappa shape index (κ3) is 3.25. The quantitative estimate of drug-likeness (QED) is 0.430. The standard InChI is InChI=1S/C4H3BFN3/c6-5(3-8)1-4(9)2-7/h9H,1H2. The lowest BCUT2D eigenvalue weighted by molar-refractivity contribution is 0.850. The maximum atomic E-state index is 11.9. The van der Waals surface area contributed by atoms with Gasteiger partial charge in [0.25, 0.3) is 0 Å². The number of nitrogens with one attached hydrogen (secondary N) is 1. The first-order valence-corrected chi connectivity index (χ1v) is 2.22. The molecular weight excluding hydrogens is 120 g/mol. The average molecular weight is 123 g/mol. The summed E-state index contributed by atoms with van der Waals surface area (Å²) < 4.78 is 11.9. The molecule has 0 aliphatic carbocycles. The zero-order chi connectivity index (χ0) is 7.28. The van der Waals surface area contributed by atoms with Crippen molar-refractivity contribution in [2.45, 2.75) is 6.32 Å². The Labute approximate surface area is 52.3 Å². The lowest BCUT2D eigenvalue weighted by atomic mass is 9.69. The van der Waals surface area contributed by atoms with Crippen molar-refractivity contribution in [1.29, 1.82) is 15.9 Å². The van der Waals surface area contributed by atoms with Gasteiger partial charge in [0.2, 0.25) is 0 Å². The van der Waals surface area contributed by atoms with Gasteiger partial charge in [-0.25, -0.2) is 5.26 Å². The number of hydrogen-bond acceptors (Lipinski definition) is 3. The van der Waals surface area contributed by atoms with Crippen LogP contribution in [0.5, 0.6) is 0 Å². The van der Waals surface area contributed by atoms with Crippen LogP contribution in [0.25, 0.3) is 0 Å². The SMILES string of the molecule is N#CB(F)CC(=N)C#N. The highest BCUT2D eigenvalue weighted by Crippen LogP contribution is 1.92. The van der Waals surface area contributed by atoms with Crippen LogP contribution in [0.4, 0.5) is 4.32 Å². The van der Waals surface area contributed by atoms with E-state index < -0.39 is 19.0 Å². The van der Waals surface area contributed by atoms with E-state index >= 15 is 0 Å². The molecular formula is C4H3BFN3. The van der Waals surface area contributed by atoms with Crippen molar-refractivity contribution in [3.63, 3.8) is 0 Å². The Balaban J connectivity index is 3.67. The molecule has 0 aromatic rings. The van der Waals surface area contributed by atoms with Crippen LogP contribution < -0.4 is 0 Å². The van der Waals surface area contributed by atoms with E-state index in [1.807, 2.05) is 0 Å². The molecule has 0 radical (unpaired) electrons. The third-order valence-electron chi connectivity index (χ3n) is 0.658. The highest BCUT2D eigenvalue weighted by molar-refractivity contribution is 6.64. The Kier molecular flexibility index (Phi) is 3.08. The summed E-state index contributed by atoms with van der Waals surface area (Å²) in [5.74, 6) is 1.27. The molecule has 0 atom stereocenters. The second kappa shape index (κ2) is 3.62. The van der Waals surface area contributed by atoms with Crippen molar-refractivity contribution in [3.8, 4) is 12.0 Å². The predicted molar refractivity (Wildman–Crippen MR) is 30.6 cm³/mol. The molecule has 0 heterocycles. The molecule has 0 saturated carbocycles. The second-order valence-electron chi connectivity index (χ2n) is 1.39. The molecule has 0 aromatic heterocycles. The first-order chi connectivity index (χ1) is 4.20. The van der Waals surface area contributed by atoms with Crippen LogP contribution in [-0.4, -0.2) is 12.7 Å². The lowest BCUT2D eigenvalue weighted by Gasteiger charge is -1.85. The monoisotopic (exact) mass is 123 g/mol. The third-order valence-corrected chi connectivity index (χ3v) is 0.658. The zero-order valence-corrected chi connectivity index (χ0v) is 4.56. The molecule has 0 unspecified atom stereocenters. The minimum absolute atomic E-state index is 0.396.